The second-order valence-electron chi connectivity index (χ2n) is 6.30. The second kappa shape index (κ2) is 9.16. The number of benzene rings is 1. The van der Waals surface area contributed by atoms with Crippen LogP contribution in [0.4, 0.5) is 8.78 Å². The summed E-state index contributed by atoms with van der Waals surface area (Å²) >= 11 is 0. The number of halogens is 2. The lowest BCUT2D eigenvalue weighted by molar-refractivity contribution is -0.117. The van der Waals surface area contributed by atoms with Crippen LogP contribution in [0.25, 0.3) is 6.08 Å². The number of furan rings is 1. The Morgan fingerprint density at radius 3 is 2.61 bits per heavy atom. The molecule has 2 amide bonds. The quantitative estimate of drug-likeness (QED) is 0.768. The fourth-order valence-electron chi connectivity index (χ4n) is 3.02. The highest BCUT2D eigenvalue weighted by Crippen LogP contribution is 2.21. The van der Waals surface area contributed by atoms with Crippen LogP contribution in [0.15, 0.2) is 53.2 Å². The summed E-state index contributed by atoms with van der Waals surface area (Å²) in [4.78, 5) is 26.1. The van der Waals surface area contributed by atoms with Crippen molar-refractivity contribution in [2.45, 2.75) is 25.5 Å². The monoisotopic (exact) mass is 390 g/mol. The zero-order valence-electron chi connectivity index (χ0n) is 15.0. The normalized spacial score (nSPS) is 15.2. The average Bonchev–Trinajstić information content (AvgIpc) is 3.22. The molecule has 2 heterocycles. The van der Waals surface area contributed by atoms with Crippen LogP contribution in [-0.2, 0) is 4.79 Å². The number of nitrogens with one attached hydrogen (secondary N) is 1. The number of hydrogen-bond donors (Lipinski definition) is 1. The van der Waals surface area contributed by atoms with Crippen molar-refractivity contribution in [2.75, 3.05) is 13.1 Å². The summed E-state index contributed by atoms with van der Waals surface area (Å²) in [6, 6.07) is 9.46. The molecular formula is C20H20F2N2O4. The van der Waals surface area contributed by atoms with Gasteiger partial charge in [0, 0.05) is 30.8 Å². The predicted molar refractivity (Wildman–Crippen MR) is 97.9 cm³/mol. The second-order valence-corrected chi connectivity index (χ2v) is 6.30. The summed E-state index contributed by atoms with van der Waals surface area (Å²) < 4.78 is 34.4. The SMILES string of the molecule is O=C(/C=C/c1ccccc1OC(F)F)NC1CCN(C(=O)c2ccco2)CC1. The molecule has 3 rings (SSSR count). The van der Waals surface area contributed by atoms with Gasteiger partial charge in [0.25, 0.3) is 5.91 Å². The molecule has 1 aliphatic rings. The fraction of sp³-hybridized carbons (Fsp3) is 0.300. The molecule has 148 valence electrons. The molecular weight excluding hydrogens is 370 g/mol. The highest BCUT2D eigenvalue weighted by atomic mass is 19.3. The van der Waals surface area contributed by atoms with E-state index in [1.807, 2.05) is 0 Å². The lowest BCUT2D eigenvalue weighted by Gasteiger charge is -2.31. The average molecular weight is 390 g/mol. The highest BCUT2D eigenvalue weighted by Gasteiger charge is 2.25. The maximum absolute atomic E-state index is 12.4. The molecule has 0 spiro atoms. The van der Waals surface area contributed by atoms with E-state index in [1.54, 1.807) is 35.2 Å². The Labute approximate surface area is 160 Å². The zero-order valence-corrected chi connectivity index (χ0v) is 15.0. The molecule has 6 nitrogen and oxygen atoms in total. The molecule has 2 aromatic rings. The number of carbonyl (C=O) groups is 2. The molecule has 8 heteroatoms. The van der Waals surface area contributed by atoms with E-state index < -0.39 is 6.61 Å². The minimum atomic E-state index is -2.93. The molecule has 1 aromatic carbocycles. The molecule has 0 radical (unpaired) electrons. The van der Waals surface area contributed by atoms with Gasteiger partial charge in [-0.1, -0.05) is 18.2 Å². The molecule has 1 N–H and O–H groups in total. The van der Waals surface area contributed by atoms with Crippen molar-refractivity contribution in [3.05, 3.63) is 60.1 Å². The van der Waals surface area contributed by atoms with E-state index in [0.29, 0.717) is 37.3 Å². The van der Waals surface area contributed by atoms with Crippen LogP contribution in [0.5, 0.6) is 5.75 Å². The molecule has 1 aliphatic heterocycles. The number of piperidine rings is 1. The van der Waals surface area contributed by atoms with E-state index in [1.165, 1.54) is 24.5 Å². The molecule has 1 saturated heterocycles. The maximum atomic E-state index is 12.4. The molecule has 0 bridgehead atoms. The number of ether oxygens (including phenoxy) is 1. The van der Waals surface area contributed by atoms with E-state index >= 15 is 0 Å². The number of para-hydroxylation sites is 1. The van der Waals surface area contributed by atoms with Crippen LogP contribution in [-0.4, -0.2) is 42.5 Å². The van der Waals surface area contributed by atoms with Crippen molar-refractivity contribution >= 4 is 17.9 Å². The molecule has 28 heavy (non-hydrogen) atoms. The number of amides is 2. The summed E-state index contributed by atoms with van der Waals surface area (Å²) in [6.45, 7) is -1.91. The first kappa shape index (κ1) is 19.6. The van der Waals surface area contributed by atoms with E-state index in [-0.39, 0.29) is 23.6 Å². The Bertz CT molecular complexity index is 828. The van der Waals surface area contributed by atoms with Gasteiger partial charge in [-0.05, 0) is 37.1 Å². The van der Waals surface area contributed by atoms with Gasteiger partial charge in [-0.3, -0.25) is 9.59 Å². The van der Waals surface area contributed by atoms with Crippen molar-refractivity contribution in [3.8, 4) is 5.75 Å². The number of alkyl halides is 2. The molecule has 0 unspecified atom stereocenters. The number of carbonyl (C=O) groups excluding carboxylic acids is 2. The molecule has 0 aliphatic carbocycles. The van der Waals surface area contributed by atoms with Crippen molar-refractivity contribution in [2.24, 2.45) is 0 Å². The Morgan fingerprint density at radius 2 is 1.93 bits per heavy atom. The van der Waals surface area contributed by atoms with E-state index in [2.05, 4.69) is 10.1 Å². The number of likely N-dealkylation sites (tertiary alicyclic amines) is 1. The Morgan fingerprint density at radius 1 is 1.18 bits per heavy atom. The fourth-order valence-corrected chi connectivity index (χ4v) is 3.02. The number of hydrogen-bond acceptors (Lipinski definition) is 4. The number of rotatable bonds is 6. The van der Waals surface area contributed by atoms with Crippen LogP contribution < -0.4 is 10.1 Å². The first-order valence-electron chi connectivity index (χ1n) is 8.88. The summed E-state index contributed by atoms with van der Waals surface area (Å²) in [5, 5.41) is 2.87. The van der Waals surface area contributed by atoms with Crippen LogP contribution in [0, 0.1) is 0 Å². The van der Waals surface area contributed by atoms with Gasteiger partial charge >= 0.3 is 6.61 Å². The van der Waals surface area contributed by atoms with Crippen molar-refractivity contribution in [1.29, 1.82) is 0 Å². The van der Waals surface area contributed by atoms with Crippen molar-refractivity contribution < 1.29 is 27.5 Å². The molecule has 1 aromatic heterocycles. The minimum absolute atomic E-state index is 0.00583. The summed E-state index contributed by atoms with van der Waals surface area (Å²) in [5.41, 5.74) is 0.386. The third kappa shape index (κ3) is 5.18. The van der Waals surface area contributed by atoms with E-state index in [4.69, 9.17) is 4.42 Å². The summed E-state index contributed by atoms with van der Waals surface area (Å²) in [5.74, 6) is -0.186. The Hall–Kier alpha value is -3.16. The lowest BCUT2D eigenvalue weighted by Crippen LogP contribution is -2.46. The Balaban J connectivity index is 1.50. The Kier molecular flexibility index (Phi) is 6.41. The molecule has 0 saturated carbocycles. The zero-order chi connectivity index (χ0) is 19.9. The van der Waals surface area contributed by atoms with Gasteiger partial charge in [0.15, 0.2) is 5.76 Å². The van der Waals surface area contributed by atoms with Gasteiger partial charge in [0.2, 0.25) is 5.91 Å². The lowest BCUT2D eigenvalue weighted by atomic mass is 10.0. The summed E-state index contributed by atoms with van der Waals surface area (Å²) in [6.07, 6.45) is 5.42. The third-order valence-corrected chi connectivity index (χ3v) is 4.41. The largest absolute Gasteiger partial charge is 0.459 e. The first-order chi connectivity index (χ1) is 13.5. The van der Waals surface area contributed by atoms with Gasteiger partial charge in [-0.25, -0.2) is 0 Å². The van der Waals surface area contributed by atoms with Crippen LogP contribution >= 0.6 is 0 Å². The van der Waals surface area contributed by atoms with E-state index in [0.717, 1.165) is 0 Å². The van der Waals surface area contributed by atoms with E-state index in [9.17, 15) is 18.4 Å². The third-order valence-electron chi connectivity index (χ3n) is 4.41. The first-order valence-corrected chi connectivity index (χ1v) is 8.88. The van der Waals surface area contributed by atoms with Gasteiger partial charge in [0.05, 0.1) is 6.26 Å². The molecule has 1 fully saturated rings. The predicted octanol–water partition coefficient (Wildman–Crippen LogP) is 3.32. The van der Waals surface area contributed by atoms with Gasteiger partial charge in [-0.15, -0.1) is 0 Å². The van der Waals surface area contributed by atoms with Gasteiger partial charge in [0.1, 0.15) is 5.75 Å². The van der Waals surface area contributed by atoms with Crippen molar-refractivity contribution in [1.82, 2.24) is 10.2 Å². The van der Waals surface area contributed by atoms with Crippen molar-refractivity contribution in [3.63, 3.8) is 0 Å². The highest BCUT2D eigenvalue weighted by molar-refractivity contribution is 5.93. The van der Waals surface area contributed by atoms with Crippen LogP contribution in [0.2, 0.25) is 0 Å². The maximum Gasteiger partial charge on any atom is 0.387 e. The molecule has 0 atom stereocenters. The van der Waals surface area contributed by atoms with Gasteiger partial charge < -0.3 is 19.4 Å². The minimum Gasteiger partial charge on any atom is -0.459 e. The topological polar surface area (TPSA) is 71.8 Å². The smallest absolute Gasteiger partial charge is 0.387 e. The van der Waals surface area contributed by atoms with Crippen LogP contribution in [0.3, 0.4) is 0 Å². The van der Waals surface area contributed by atoms with Crippen LogP contribution in [0.1, 0.15) is 29.0 Å². The summed E-state index contributed by atoms with van der Waals surface area (Å²) in [7, 11) is 0. The van der Waals surface area contributed by atoms with Gasteiger partial charge in [-0.2, -0.15) is 8.78 Å². The standard InChI is InChI=1S/C20H20F2N2O4/c21-20(22)28-16-5-2-1-4-14(16)7-8-18(25)23-15-9-11-24(12-10-15)19(26)17-6-3-13-27-17/h1-8,13,15,20H,9-12H2,(H,23,25)/b8-7+. The number of nitrogens with zero attached hydrogens (tertiary/aromatic N) is 1.